The van der Waals surface area contributed by atoms with Gasteiger partial charge in [0.15, 0.2) is 0 Å². The quantitative estimate of drug-likeness (QED) is 0.370. The standard InChI is InChI=1S/C27H32O10/c1-5-13-37-27(33)21-17-15-12-10-9-11-14(15)16(19(23(21)29)25(31)35-7-3)18(24(30)34-6-2)22(28)20(17)26(32)36-8-4/h9-12,16-19,28-29H,5-8,13H2,1-4H3/t16-,17-,18-,19-/m1/s1. The molecule has 10 heteroatoms. The summed E-state index contributed by atoms with van der Waals surface area (Å²) in [6.07, 6.45) is 0.474. The summed E-state index contributed by atoms with van der Waals surface area (Å²) in [4.78, 5) is 53.2. The van der Waals surface area contributed by atoms with Crippen molar-refractivity contribution in [1.82, 2.24) is 0 Å². The van der Waals surface area contributed by atoms with Crippen LogP contribution in [0.15, 0.2) is 46.9 Å². The zero-order valence-electron chi connectivity index (χ0n) is 21.3. The lowest BCUT2D eigenvalue weighted by molar-refractivity contribution is -0.153. The molecule has 4 atom stereocenters. The third-order valence-corrected chi connectivity index (χ3v) is 6.34. The van der Waals surface area contributed by atoms with E-state index in [1.165, 1.54) is 0 Å². The normalized spacial score (nSPS) is 22.5. The van der Waals surface area contributed by atoms with E-state index < -0.39 is 70.2 Å². The highest BCUT2D eigenvalue weighted by Crippen LogP contribution is 2.54. The average molecular weight is 517 g/mol. The molecule has 2 aliphatic rings. The maximum absolute atomic E-state index is 13.4. The molecule has 2 N–H and O–H groups in total. The minimum Gasteiger partial charge on any atom is -0.511 e. The number of ether oxygens (including phenoxy) is 4. The van der Waals surface area contributed by atoms with Gasteiger partial charge in [-0.3, -0.25) is 9.59 Å². The number of hydrogen-bond donors (Lipinski definition) is 2. The highest BCUT2D eigenvalue weighted by Gasteiger charge is 2.56. The Morgan fingerprint density at radius 3 is 1.62 bits per heavy atom. The van der Waals surface area contributed by atoms with Crippen LogP contribution in [-0.4, -0.2) is 60.5 Å². The van der Waals surface area contributed by atoms with Gasteiger partial charge < -0.3 is 29.2 Å². The smallest absolute Gasteiger partial charge is 0.338 e. The van der Waals surface area contributed by atoms with Crippen molar-refractivity contribution >= 4 is 23.9 Å². The van der Waals surface area contributed by atoms with Gasteiger partial charge in [0.2, 0.25) is 0 Å². The molecule has 2 bridgehead atoms. The number of benzene rings is 1. The summed E-state index contributed by atoms with van der Waals surface area (Å²) in [6, 6.07) is 6.50. The lowest BCUT2D eigenvalue weighted by atomic mass is 9.74. The first-order valence-electron chi connectivity index (χ1n) is 12.4. The van der Waals surface area contributed by atoms with Crippen LogP contribution in [0.25, 0.3) is 0 Å². The molecule has 0 fully saturated rings. The largest absolute Gasteiger partial charge is 0.511 e. The molecule has 37 heavy (non-hydrogen) atoms. The van der Waals surface area contributed by atoms with Crippen molar-refractivity contribution in [3.05, 3.63) is 58.1 Å². The Labute approximate surface area is 214 Å². The van der Waals surface area contributed by atoms with E-state index >= 15 is 0 Å². The summed E-state index contributed by atoms with van der Waals surface area (Å²) in [6.45, 7) is 6.34. The fraction of sp³-hybridized carbons (Fsp3) is 0.481. The van der Waals surface area contributed by atoms with E-state index in [1.54, 1.807) is 52.0 Å². The second-order valence-electron chi connectivity index (χ2n) is 8.50. The fourth-order valence-electron chi connectivity index (χ4n) is 4.96. The summed E-state index contributed by atoms with van der Waals surface area (Å²) in [5, 5.41) is 23.1. The number of esters is 4. The van der Waals surface area contributed by atoms with Crippen LogP contribution in [-0.2, 0) is 38.1 Å². The van der Waals surface area contributed by atoms with Gasteiger partial charge in [-0.1, -0.05) is 31.2 Å². The number of aliphatic hydroxyl groups excluding tert-OH is 2. The van der Waals surface area contributed by atoms with Crippen molar-refractivity contribution in [3.63, 3.8) is 0 Å². The van der Waals surface area contributed by atoms with E-state index in [0.29, 0.717) is 17.5 Å². The molecule has 0 unspecified atom stereocenters. The van der Waals surface area contributed by atoms with Gasteiger partial charge in [-0.05, 0) is 38.3 Å². The predicted molar refractivity (Wildman–Crippen MR) is 129 cm³/mol. The Morgan fingerprint density at radius 2 is 1.16 bits per heavy atom. The van der Waals surface area contributed by atoms with Crippen molar-refractivity contribution in [2.75, 3.05) is 26.4 Å². The summed E-state index contributed by atoms with van der Waals surface area (Å²) in [7, 11) is 0. The highest BCUT2D eigenvalue weighted by molar-refractivity contribution is 6.01. The zero-order valence-corrected chi connectivity index (χ0v) is 21.3. The van der Waals surface area contributed by atoms with Crippen molar-refractivity contribution < 1.29 is 48.3 Å². The first-order chi connectivity index (χ1) is 17.7. The first kappa shape index (κ1) is 27.8. The lowest BCUT2D eigenvalue weighted by Gasteiger charge is -2.32. The average Bonchev–Trinajstić information content (AvgIpc) is 3.03. The third kappa shape index (κ3) is 5.05. The number of rotatable bonds is 9. The van der Waals surface area contributed by atoms with E-state index in [0.717, 1.165) is 0 Å². The van der Waals surface area contributed by atoms with Crippen LogP contribution in [0, 0.1) is 11.8 Å². The molecular weight excluding hydrogens is 484 g/mol. The van der Waals surface area contributed by atoms with Crippen LogP contribution in [0.1, 0.15) is 57.1 Å². The molecule has 1 aromatic rings. The Morgan fingerprint density at radius 1 is 0.703 bits per heavy atom. The molecule has 10 nitrogen and oxygen atoms in total. The van der Waals surface area contributed by atoms with Gasteiger partial charge in [0.1, 0.15) is 23.4 Å². The molecule has 2 aliphatic carbocycles. The molecule has 0 aromatic heterocycles. The monoisotopic (exact) mass is 516 g/mol. The predicted octanol–water partition coefficient (Wildman–Crippen LogP) is 3.38. The van der Waals surface area contributed by atoms with Gasteiger partial charge in [-0.25, -0.2) is 9.59 Å². The van der Waals surface area contributed by atoms with Crippen LogP contribution in [0.4, 0.5) is 0 Å². The molecular formula is C27H32O10. The summed E-state index contributed by atoms with van der Waals surface area (Å²) < 4.78 is 21.0. The second kappa shape index (κ2) is 11.9. The van der Waals surface area contributed by atoms with Crippen LogP contribution >= 0.6 is 0 Å². The molecule has 0 heterocycles. The number of carbonyl (C=O) groups is 4. The summed E-state index contributed by atoms with van der Waals surface area (Å²) >= 11 is 0. The van der Waals surface area contributed by atoms with Gasteiger partial charge in [-0.15, -0.1) is 0 Å². The second-order valence-corrected chi connectivity index (χ2v) is 8.50. The van der Waals surface area contributed by atoms with Gasteiger partial charge in [0, 0.05) is 5.92 Å². The van der Waals surface area contributed by atoms with E-state index in [-0.39, 0.29) is 26.4 Å². The van der Waals surface area contributed by atoms with Crippen molar-refractivity contribution in [2.24, 2.45) is 11.8 Å². The van der Waals surface area contributed by atoms with E-state index in [1.807, 2.05) is 0 Å². The minimum atomic E-state index is -1.57. The Kier molecular flexibility index (Phi) is 8.96. The molecule has 0 aliphatic heterocycles. The zero-order chi connectivity index (χ0) is 27.3. The van der Waals surface area contributed by atoms with Crippen LogP contribution in [0.5, 0.6) is 0 Å². The summed E-state index contributed by atoms with van der Waals surface area (Å²) in [5.74, 6) is -11.0. The Balaban J connectivity index is 2.48. The molecule has 3 rings (SSSR count). The van der Waals surface area contributed by atoms with Gasteiger partial charge in [0.05, 0.1) is 43.5 Å². The molecule has 200 valence electrons. The van der Waals surface area contributed by atoms with Crippen molar-refractivity contribution in [1.29, 1.82) is 0 Å². The van der Waals surface area contributed by atoms with E-state index in [4.69, 9.17) is 18.9 Å². The molecule has 0 spiro atoms. The minimum absolute atomic E-state index is 0.00731. The van der Waals surface area contributed by atoms with Crippen LogP contribution < -0.4 is 0 Å². The first-order valence-corrected chi connectivity index (χ1v) is 12.4. The molecule has 0 saturated carbocycles. The molecule has 1 aromatic carbocycles. The SMILES string of the molecule is CCCOC(=O)C1=C(O)[C@H](C(=O)OCC)[C@@H]2c3ccccc3[C@@H]1C(C(=O)OCC)=C(O)[C@@H]2C(=O)OCC. The molecule has 0 saturated heterocycles. The Bertz CT molecular complexity index is 1130. The Hall–Kier alpha value is -3.82. The van der Waals surface area contributed by atoms with E-state index in [9.17, 15) is 29.4 Å². The van der Waals surface area contributed by atoms with Crippen molar-refractivity contribution in [3.8, 4) is 0 Å². The number of hydrogen-bond acceptors (Lipinski definition) is 10. The van der Waals surface area contributed by atoms with Gasteiger partial charge in [0.25, 0.3) is 0 Å². The number of carbonyl (C=O) groups excluding carboxylic acids is 4. The third-order valence-electron chi connectivity index (χ3n) is 6.34. The van der Waals surface area contributed by atoms with Gasteiger partial charge in [-0.2, -0.15) is 0 Å². The summed E-state index contributed by atoms with van der Waals surface area (Å²) in [5.41, 5.74) is -0.125. The topological polar surface area (TPSA) is 146 Å². The molecule has 0 radical (unpaired) electrons. The molecule has 0 amide bonds. The number of aliphatic hydroxyl groups is 2. The van der Waals surface area contributed by atoms with Crippen molar-refractivity contribution in [2.45, 2.75) is 46.0 Å². The van der Waals surface area contributed by atoms with E-state index in [2.05, 4.69) is 0 Å². The van der Waals surface area contributed by atoms with Crippen LogP contribution in [0.3, 0.4) is 0 Å². The highest BCUT2D eigenvalue weighted by atomic mass is 16.5. The lowest BCUT2D eigenvalue weighted by Crippen LogP contribution is -2.38. The maximum atomic E-state index is 13.4. The fourth-order valence-corrected chi connectivity index (χ4v) is 4.96. The maximum Gasteiger partial charge on any atom is 0.338 e. The van der Waals surface area contributed by atoms with Gasteiger partial charge >= 0.3 is 23.9 Å². The van der Waals surface area contributed by atoms with Crippen LogP contribution in [0.2, 0.25) is 0 Å².